The monoisotopic (exact) mass is 196 g/mol. The maximum Gasteiger partial charge on any atom is 0.237 e. The zero-order valence-corrected chi connectivity index (χ0v) is 8.30. The first-order chi connectivity index (χ1) is 6.40. The van der Waals surface area contributed by atoms with Crippen LogP contribution < -0.4 is 10.1 Å². The number of aromatic nitrogens is 1. The molecule has 13 heavy (non-hydrogen) atoms. The molecule has 1 aliphatic rings. The molecule has 1 aromatic rings. The molecule has 0 saturated carbocycles. The van der Waals surface area contributed by atoms with E-state index in [2.05, 4.69) is 10.3 Å². The molecule has 1 aliphatic heterocycles. The topological polar surface area (TPSA) is 34.1 Å². The van der Waals surface area contributed by atoms with Crippen molar-refractivity contribution >= 4 is 17.4 Å². The van der Waals surface area contributed by atoms with Gasteiger partial charge in [0.05, 0.1) is 12.8 Å². The predicted octanol–water partition coefficient (Wildman–Crippen LogP) is 1.62. The third kappa shape index (κ3) is 1.88. The number of rotatable bonds is 3. The van der Waals surface area contributed by atoms with Crippen molar-refractivity contribution in [2.45, 2.75) is 6.04 Å². The molecule has 0 aliphatic carbocycles. The summed E-state index contributed by atoms with van der Waals surface area (Å²) in [5.74, 6) is 3.04. The van der Waals surface area contributed by atoms with Crippen molar-refractivity contribution in [1.29, 1.82) is 0 Å². The van der Waals surface area contributed by atoms with Crippen molar-refractivity contribution in [3.63, 3.8) is 0 Å². The summed E-state index contributed by atoms with van der Waals surface area (Å²) in [6, 6.07) is 4.49. The Kier molecular flexibility index (Phi) is 2.59. The molecule has 0 radical (unpaired) electrons. The second-order valence-electron chi connectivity index (χ2n) is 2.94. The fraction of sp³-hybridized carbons (Fsp3) is 0.444. The van der Waals surface area contributed by atoms with Crippen LogP contribution in [0.3, 0.4) is 0 Å². The maximum atomic E-state index is 5.13. The number of methoxy groups -OCH3 is 1. The minimum atomic E-state index is 0.586. The van der Waals surface area contributed by atoms with Gasteiger partial charge in [-0.2, -0.15) is 11.8 Å². The molecule has 2 rings (SSSR count). The molecule has 0 amide bonds. The number of nitrogens with one attached hydrogen (secondary N) is 1. The molecule has 4 heteroatoms. The molecule has 0 spiro atoms. The van der Waals surface area contributed by atoms with Gasteiger partial charge >= 0.3 is 0 Å². The molecule has 1 saturated heterocycles. The highest BCUT2D eigenvalue weighted by Crippen LogP contribution is 2.26. The molecule has 0 aromatic carbocycles. The van der Waals surface area contributed by atoms with E-state index in [0.717, 1.165) is 5.69 Å². The van der Waals surface area contributed by atoms with Crippen molar-refractivity contribution in [2.24, 2.45) is 0 Å². The van der Waals surface area contributed by atoms with Crippen LogP contribution in [0, 0.1) is 0 Å². The summed E-state index contributed by atoms with van der Waals surface area (Å²) in [6.07, 6.45) is 1.74. The Balaban J connectivity index is 2.08. The van der Waals surface area contributed by atoms with Gasteiger partial charge in [-0.25, -0.2) is 4.98 Å². The molecule has 1 N–H and O–H groups in total. The van der Waals surface area contributed by atoms with Crippen molar-refractivity contribution in [2.75, 3.05) is 23.9 Å². The molecule has 0 bridgehead atoms. The Bertz CT molecular complexity index is 289. The van der Waals surface area contributed by atoms with Crippen molar-refractivity contribution < 1.29 is 4.74 Å². The Labute approximate surface area is 81.9 Å². The molecule has 0 unspecified atom stereocenters. The Morgan fingerprint density at radius 2 is 2.46 bits per heavy atom. The van der Waals surface area contributed by atoms with Gasteiger partial charge in [-0.05, 0) is 12.1 Å². The fourth-order valence-corrected chi connectivity index (χ4v) is 1.84. The van der Waals surface area contributed by atoms with Crippen LogP contribution in [-0.4, -0.2) is 29.6 Å². The van der Waals surface area contributed by atoms with Crippen molar-refractivity contribution in [3.8, 4) is 5.88 Å². The molecule has 3 nitrogen and oxygen atoms in total. The van der Waals surface area contributed by atoms with E-state index in [-0.39, 0.29) is 0 Å². The van der Waals surface area contributed by atoms with Crippen molar-refractivity contribution in [1.82, 2.24) is 4.98 Å². The van der Waals surface area contributed by atoms with Crippen molar-refractivity contribution in [3.05, 3.63) is 18.3 Å². The second-order valence-corrected chi connectivity index (χ2v) is 4.01. The molecule has 1 fully saturated rings. The van der Waals surface area contributed by atoms with Crippen LogP contribution in [0.2, 0.25) is 0 Å². The fourth-order valence-electron chi connectivity index (χ4n) is 1.20. The summed E-state index contributed by atoms with van der Waals surface area (Å²) < 4.78 is 5.13. The lowest BCUT2D eigenvalue weighted by Gasteiger charge is -2.27. The SMILES string of the molecule is COc1ncccc1NC1CSC1. The molecule has 70 valence electrons. The summed E-state index contributed by atoms with van der Waals surface area (Å²) in [4.78, 5) is 4.12. The smallest absolute Gasteiger partial charge is 0.237 e. The zero-order valence-electron chi connectivity index (χ0n) is 7.49. The second kappa shape index (κ2) is 3.87. The van der Waals surface area contributed by atoms with Crippen LogP contribution in [0.15, 0.2) is 18.3 Å². The van der Waals surface area contributed by atoms with Crippen LogP contribution in [0.1, 0.15) is 0 Å². The molecule has 0 atom stereocenters. The molecule has 1 aromatic heterocycles. The number of hydrogen-bond acceptors (Lipinski definition) is 4. The normalized spacial score (nSPS) is 16.4. The summed E-state index contributed by atoms with van der Waals surface area (Å²) in [5, 5.41) is 3.39. The number of nitrogens with zero attached hydrogens (tertiary/aromatic N) is 1. The zero-order chi connectivity index (χ0) is 9.10. The average Bonchev–Trinajstić information content (AvgIpc) is 2.12. The van der Waals surface area contributed by atoms with E-state index < -0.39 is 0 Å². The molecular formula is C9H12N2OS. The van der Waals surface area contributed by atoms with Crippen LogP contribution in [0.4, 0.5) is 5.69 Å². The summed E-state index contributed by atoms with van der Waals surface area (Å²) in [7, 11) is 1.64. The molecular weight excluding hydrogens is 184 g/mol. The van der Waals surface area contributed by atoms with Crippen LogP contribution >= 0.6 is 11.8 Å². The number of ether oxygens (including phenoxy) is 1. The van der Waals surface area contributed by atoms with Gasteiger partial charge in [0.2, 0.25) is 5.88 Å². The maximum absolute atomic E-state index is 5.13. The highest BCUT2D eigenvalue weighted by atomic mass is 32.2. The van der Waals surface area contributed by atoms with Gasteiger partial charge in [-0.3, -0.25) is 0 Å². The standard InChI is InChI=1S/C9H12N2OS/c1-12-9-8(3-2-4-10-9)11-7-5-13-6-7/h2-4,7,11H,5-6H2,1H3. The van der Waals surface area contributed by atoms with E-state index in [4.69, 9.17) is 4.74 Å². The minimum Gasteiger partial charge on any atom is -0.480 e. The minimum absolute atomic E-state index is 0.586. The highest BCUT2D eigenvalue weighted by Gasteiger charge is 2.18. The molecule has 2 heterocycles. The lowest BCUT2D eigenvalue weighted by molar-refractivity contribution is 0.399. The summed E-state index contributed by atoms with van der Waals surface area (Å²) in [5.41, 5.74) is 0.996. The quantitative estimate of drug-likeness (QED) is 0.796. The van der Waals surface area contributed by atoms with Crippen LogP contribution in [-0.2, 0) is 0 Å². The summed E-state index contributed by atoms with van der Waals surface area (Å²) >= 11 is 1.95. The van der Waals surface area contributed by atoms with Crippen LogP contribution in [0.25, 0.3) is 0 Å². The first-order valence-corrected chi connectivity index (χ1v) is 5.39. The van der Waals surface area contributed by atoms with Gasteiger partial charge in [-0.1, -0.05) is 0 Å². The third-order valence-electron chi connectivity index (χ3n) is 1.96. The Hall–Kier alpha value is -0.900. The predicted molar refractivity (Wildman–Crippen MR) is 55.5 cm³/mol. The van der Waals surface area contributed by atoms with Gasteiger partial charge in [0, 0.05) is 23.7 Å². The van der Waals surface area contributed by atoms with Gasteiger partial charge in [0.1, 0.15) is 0 Å². The number of pyridine rings is 1. The lowest BCUT2D eigenvalue weighted by atomic mass is 10.3. The third-order valence-corrected chi connectivity index (χ3v) is 3.24. The van der Waals surface area contributed by atoms with E-state index in [9.17, 15) is 0 Å². The first kappa shape index (κ1) is 8.69. The van der Waals surface area contributed by atoms with E-state index in [1.807, 2.05) is 23.9 Å². The number of anilines is 1. The first-order valence-electron chi connectivity index (χ1n) is 4.23. The largest absolute Gasteiger partial charge is 0.480 e. The van der Waals surface area contributed by atoms with Gasteiger partial charge in [0.15, 0.2) is 0 Å². The number of thioether (sulfide) groups is 1. The van der Waals surface area contributed by atoms with Gasteiger partial charge < -0.3 is 10.1 Å². The van der Waals surface area contributed by atoms with Gasteiger partial charge in [-0.15, -0.1) is 0 Å². The van der Waals surface area contributed by atoms with E-state index in [0.29, 0.717) is 11.9 Å². The summed E-state index contributed by atoms with van der Waals surface area (Å²) in [6.45, 7) is 0. The van der Waals surface area contributed by atoms with E-state index in [1.54, 1.807) is 13.3 Å². The van der Waals surface area contributed by atoms with E-state index in [1.165, 1.54) is 11.5 Å². The van der Waals surface area contributed by atoms with E-state index >= 15 is 0 Å². The highest BCUT2D eigenvalue weighted by molar-refractivity contribution is 8.00. The Morgan fingerprint density at radius 1 is 1.62 bits per heavy atom. The van der Waals surface area contributed by atoms with Crippen LogP contribution in [0.5, 0.6) is 5.88 Å². The van der Waals surface area contributed by atoms with Gasteiger partial charge in [0.25, 0.3) is 0 Å². The lowest BCUT2D eigenvalue weighted by Crippen LogP contribution is -2.33. The Morgan fingerprint density at radius 3 is 3.08 bits per heavy atom. The number of hydrogen-bond donors (Lipinski definition) is 1. The average molecular weight is 196 g/mol.